The van der Waals surface area contributed by atoms with Crippen LogP contribution in [0.25, 0.3) is 0 Å². The van der Waals surface area contributed by atoms with Gasteiger partial charge in [-0.1, -0.05) is 6.92 Å². The lowest BCUT2D eigenvalue weighted by Gasteiger charge is -2.06. The fourth-order valence-electron chi connectivity index (χ4n) is 1.34. The number of ether oxygens (including phenoxy) is 1. The van der Waals surface area contributed by atoms with Gasteiger partial charge in [-0.2, -0.15) is 0 Å². The molecule has 100 valence electrons. The summed E-state index contributed by atoms with van der Waals surface area (Å²) in [4.78, 5) is 0. The van der Waals surface area contributed by atoms with Gasteiger partial charge in [0.1, 0.15) is 21.4 Å². The molecule has 0 bridgehead atoms. The van der Waals surface area contributed by atoms with Crippen molar-refractivity contribution in [2.24, 2.45) is 5.73 Å². The van der Waals surface area contributed by atoms with Crippen LogP contribution < -0.4 is 10.5 Å². The molecule has 0 unspecified atom stereocenters. The summed E-state index contributed by atoms with van der Waals surface area (Å²) in [7, 11) is -2.92. The number of nitrogen functional groups attached to an aromatic ring is 1. The van der Waals surface area contributed by atoms with Crippen molar-refractivity contribution in [3.8, 4) is 5.75 Å². The first kappa shape index (κ1) is 14.5. The highest BCUT2D eigenvalue weighted by molar-refractivity contribution is 7.91. The maximum atomic E-state index is 11.2. The van der Waals surface area contributed by atoms with E-state index < -0.39 is 9.84 Å². The van der Waals surface area contributed by atoms with Gasteiger partial charge < -0.3 is 10.5 Å². The lowest BCUT2D eigenvalue weighted by Crippen LogP contribution is -2.12. The van der Waals surface area contributed by atoms with Gasteiger partial charge in [0.15, 0.2) is 0 Å². The average Bonchev–Trinajstić information content (AvgIpc) is 2.35. The topological polar surface area (TPSA) is 93.2 Å². The van der Waals surface area contributed by atoms with Gasteiger partial charge in [0.2, 0.25) is 0 Å². The van der Waals surface area contributed by atoms with E-state index in [1.54, 1.807) is 31.2 Å². The fraction of sp³-hybridized carbons (Fsp3) is 0.417. The Balaban J connectivity index is 2.38. The molecule has 0 aliphatic carbocycles. The Hall–Kier alpha value is -1.56. The third-order valence-corrected chi connectivity index (χ3v) is 4.26. The molecule has 0 fully saturated rings. The van der Waals surface area contributed by atoms with Crippen LogP contribution in [0.2, 0.25) is 0 Å². The largest absolute Gasteiger partial charge is 0.494 e. The van der Waals surface area contributed by atoms with Crippen LogP contribution in [-0.4, -0.2) is 32.4 Å². The van der Waals surface area contributed by atoms with Crippen LogP contribution in [0.1, 0.15) is 18.9 Å². The summed E-state index contributed by atoms with van der Waals surface area (Å²) in [6, 6.07) is 6.82. The smallest absolute Gasteiger partial charge is 0.150 e. The minimum Gasteiger partial charge on any atom is -0.494 e. The third kappa shape index (κ3) is 4.75. The molecule has 3 N–H and O–H groups in total. The highest BCUT2D eigenvalue weighted by Crippen LogP contribution is 2.12. The number of nitrogens with one attached hydrogen (secondary N) is 1. The molecule has 0 spiro atoms. The van der Waals surface area contributed by atoms with Crippen LogP contribution in [0.15, 0.2) is 24.3 Å². The Kier molecular flexibility index (Phi) is 5.15. The van der Waals surface area contributed by atoms with E-state index in [-0.39, 0.29) is 17.3 Å². The predicted octanol–water partition coefficient (Wildman–Crippen LogP) is 1.17. The van der Waals surface area contributed by atoms with Crippen molar-refractivity contribution >= 4 is 15.7 Å². The summed E-state index contributed by atoms with van der Waals surface area (Å²) in [6.45, 7) is 2.00. The van der Waals surface area contributed by atoms with Crippen molar-refractivity contribution in [1.29, 1.82) is 5.41 Å². The lowest BCUT2D eigenvalue weighted by atomic mass is 10.2. The highest BCUT2D eigenvalue weighted by atomic mass is 32.2. The second-order valence-corrected chi connectivity index (χ2v) is 6.35. The Morgan fingerprint density at radius 3 is 2.44 bits per heavy atom. The standard InChI is InChI=1S/C12H18N2O3S/c1-2-18(15,16)9-3-8-17-11-6-4-10(5-7-11)12(13)14/h4-7H,2-3,8-9H2,1H3,(H3,13,14). The maximum absolute atomic E-state index is 11.2. The van der Waals surface area contributed by atoms with Crippen molar-refractivity contribution in [2.45, 2.75) is 13.3 Å². The van der Waals surface area contributed by atoms with Gasteiger partial charge in [-0.05, 0) is 30.7 Å². The van der Waals surface area contributed by atoms with Crippen LogP contribution in [0, 0.1) is 5.41 Å². The van der Waals surface area contributed by atoms with E-state index in [4.69, 9.17) is 15.9 Å². The van der Waals surface area contributed by atoms with Crippen molar-refractivity contribution < 1.29 is 13.2 Å². The van der Waals surface area contributed by atoms with Gasteiger partial charge in [-0.15, -0.1) is 0 Å². The van der Waals surface area contributed by atoms with Crippen LogP contribution in [0.4, 0.5) is 0 Å². The molecule has 0 aromatic heterocycles. The minimum absolute atomic E-state index is 0.00980. The van der Waals surface area contributed by atoms with Gasteiger partial charge in [0.05, 0.1) is 12.4 Å². The number of sulfone groups is 1. The molecule has 0 amide bonds. The van der Waals surface area contributed by atoms with E-state index in [1.165, 1.54) is 0 Å². The van der Waals surface area contributed by atoms with Crippen molar-refractivity contribution in [3.63, 3.8) is 0 Å². The van der Waals surface area contributed by atoms with E-state index in [1.807, 2.05) is 0 Å². The Morgan fingerprint density at radius 2 is 1.94 bits per heavy atom. The fourth-order valence-corrected chi connectivity index (χ4v) is 2.19. The zero-order valence-electron chi connectivity index (χ0n) is 10.3. The molecule has 0 aliphatic heterocycles. The first-order valence-corrected chi connectivity index (χ1v) is 7.54. The molecule has 18 heavy (non-hydrogen) atoms. The van der Waals surface area contributed by atoms with Gasteiger partial charge in [-0.25, -0.2) is 8.42 Å². The van der Waals surface area contributed by atoms with Crippen LogP contribution in [0.5, 0.6) is 5.75 Å². The lowest BCUT2D eigenvalue weighted by molar-refractivity contribution is 0.317. The molecule has 0 saturated carbocycles. The molecular weight excluding hydrogens is 252 g/mol. The SMILES string of the molecule is CCS(=O)(=O)CCCOc1ccc(C(=N)N)cc1. The summed E-state index contributed by atoms with van der Waals surface area (Å²) in [5, 5.41) is 7.23. The molecule has 1 aromatic carbocycles. The van der Waals surface area contributed by atoms with E-state index in [2.05, 4.69) is 0 Å². The molecule has 1 aromatic rings. The summed E-state index contributed by atoms with van der Waals surface area (Å²) >= 11 is 0. The molecular formula is C12H18N2O3S. The third-order valence-electron chi connectivity index (χ3n) is 2.47. The van der Waals surface area contributed by atoms with Crippen LogP contribution >= 0.6 is 0 Å². The van der Waals surface area contributed by atoms with Crippen LogP contribution in [-0.2, 0) is 9.84 Å². The van der Waals surface area contributed by atoms with E-state index in [0.717, 1.165) is 0 Å². The molecule has 0 atom stereocenters. The second kappa shape index (κ2) is 6.39. The van der Waals surface area contributed by atoms with Crippen molar-refractivity contribution in [3.05, 3.63) is 29.8 Å². The summed E-state index contributed by atoms with van der Waals surface area (Å²) < 4.78 is 27.9. The van der Waals surface area contributed by atoms with Gasteiger partial charge in [0, 0.05) is 11.3 Å². The zero-order chi connectivity index (χ0) is 13.6. The Morgan fingerprint density at radius 1 is 1.33 bits per heavy atom. The molecule has 6 heteroatoms. The number of nitrogens with two attached hydrogens (primary N) is 1. The highest BCUT2D eigenvalue weighted by Gasteiger charge is 2.06. The van der Waals surface area contributed by atoms with Crippen LogP contribution in [0.3, 0.4) is 0 Å². The predicted molar refractivity (Wildman–Crippen MR) is 71.9 cm³/mol. The minimum atomic E-state index is -2.92. The quantitative estimate of drug-likeness (QED) is 0.442. The van der Waals surface area contributed by atoms with Gasteiger partial charge in [-0.3, -0.25) is 5.41 Å². The van der Waals surface area contributed by atoms with E-state index in [0.29, 0.717) is 24.3 Å². The molecule has 0 saturated heterocycles. The summed E-state index contributed by atoms with van der Waals surface area (Å²) in [5.74, 6) is 0.972. The first-order valence-electron chi connectivity index (χ1n) is 5.72. The van der Waals surface area contributed by atoms with E-state index >= 15 is 0 Å². The molecule has 0 radical (unpaired) electrons. The number of hydrogen-bond acceptors (Lipinski definition) is 4. The number of rotatable bonds is 7. The number of hydrogen-bond donors (Lipinski definition) is 2. The zero-order valence-corrected chi connectivity index (χ0v) is 11.2. The van der Waals surface area contributed by atoms with Crippen molar-refractivity contribution in [1.82, 2.24) is 0 Å². The number of benzene rings is 1. The maximum Gasteiger partial charge on any atom is 0.150 e. The monoisotopic (exact) mass is 270 g/mol. The number of amidine groups is 1. The molecule has 1 rings (SSSR count). The summed E-state index contributed by atoms with van der Waals surface area (Å²) in [5.41, 5.74) is 5.96. The first-order chi connectivity index (χ1) is 8.44. The molecule has 5 nitrogen and oxygen atoms in total. The normalized spacial score (nSPS) is 11.2. The summed E-state index contributed by atoms with van der Waals surface area (Å²) in [6.07, 6.45) is 0.477. The Labute approximate surface area is 107 Å². The van der Waals surface area contributed by atoms with Gasteiger partial charge >= 0.3 is 0 Å². The van der Waals surface area contributed by atoms with E-state index in [9.17, 15) is 8.42 Å². The average molecular weight is 270 g/mol. The Bertz CT molecular complexity index is 495. The van der Waals surface area contributed by atoms with Gasteiger partial charge in [0.25, 0.3) is 0 Å². The second-order valence-electron chi connectivity index (χ2n) is 3.88. The molecule has 0 aliphatic rings. The molecule has 0 heterocycles. The van der Waals surface area contributed by atoms with Crippen molar-refractivity contribution in [2.75, 3.05) is 18.1 Å².